The van der Waals surface area contributed by atoms with E-state index in [1.54, 1.807) is 11.3 Å². The molecule has 0 aliphatic heterocycles. The Morgan fingerprint density at radius 3 is 2.78 bits per heavy atom. The fourth-order valence-electron chi connectivity index (χ4n) is 0.481. The summed E-state index contributed by atoms with van der Waals surface area (Å²) in [5, 5.41) is 2.05. The predicted octanol–water partition coefficient (Wildman–Crippen LogP) is 3.84. The largest absolute Gasteiger partial charge is 0.144 e. The van der Waals surface area contributed by atoms with Gasteiger partial charge in [-0.05, 0) is 49.4 Å². The van der Waals surface area contributed by atoms with Crippen LogP contribution in [0.2, 0.25) is 0 Å². The third kappa shape index (κ3) is 2.65. The van der Waals surface area contributed by atoms with Crippen molar-refractivity contribution < 1.29 is 0 Å². The Bertz CT molecular complexity index is 197. The molecule has 1 aromatic heterocycles. The number of hydrogen-bond acceptors (Lipinski definition) is 1. The zero-order valence-electron chi connectivity index (χ0n) is 4.47. The maximum absolute atomic E-state index is 3.28. The lowest BCUT2D eigenvalue weighted by molar-refractivity contribution is 1.96. The molecule has 9 heavy (non-hydrogen) atoms. The van der Waals surface area contributed by atoms with Crippen molar-refractivity contribution in [2.45, 2.75) is 0 Å². The van der Waals surface area contributed by atoms with Gasteiger partial charge in [-0.15, -0.1) is 11.3 Å². The lowest BCUT2D eigenvalue weighted by Crippen LogP contribution is -1.53. The first-order valence-corrected chi connectivity index (χ1v) is 4.82. The molecule has 1 aromatic rings. The Morgan fingerprint density at radius 2 is 2.33 bits per heavy atom. The van der Waals surface area contributed by atoms with Gasteiger partial charge in [-0.3, -0.25) is 0 Å². The smallest absolute Gasteiger partial charge is 0.0618 e. The maximum Gasteiger partial charge on any atom is 0.0618 e. The summed E-state index contributed by atoms with van der Waals surface area (Å²) in [6.07, 6.45) is 2.02. The van der Waals surface area contributed by atoms with E-state index in [4.69, 9.17) is 0 Å². The molecule has 0 bridgehead atoms. The molecule has 1 rings (SSSR count). The van der Waals surface area contributed by atoms with Crippen LogP contribution in [0.3, 0.4) is 0 Å². The second-order valence-electron chi connectivity index (χ2n) is 1.45. The van der Waals surface area contributed by atoms with Crippen LogP contribution in [0.15, 0.2) is 20.9 Å². The van der Waals surface area contributed by atoms with E-state index in [1.807, 2.05) is 12.1 Å². The second kappa shape index (κ2) is 3.54. The Hall–Kier alpha value is 0.400. The molecule has 1 heterocycles. The van der Waals surface area contributed by atoms with Crippen molar-refractivity contribution in [3.8, 4) is 0 Å². The molecule has 0 radical (unpaired) electrons. The minimum Gasteiger partial charge on any atom is -0.144 e. The zero-order valence-corrected chi connectivity index (χ0v) is 8.46. The van der Waals surface area contributed by atoms with Crippen molar-refractivity contribution >= 4 is 49.3 Å². The molecular formula is C6H4Br2S. The highest BCUT2D eigenvalue weighted by molar-refractivity contribution is 9.28. The van der Waals surface area contributed by atoms with Gasteiger partial charge >= 0.3 is 0 Å². The van der Waals surface area contributed by atoms with Crippen molar-refractivity contribution in [2.24, 2.45) is 0 Å². The van der Waals surface area contributed by atoms with Gasteiger partial charge in [0.2, 0.25) is 0 Å². The van der Waals surface area contributed by atoms with Crippen LogP contribution in [0.4, 0.5) is 0 Å². The van der Waals surface area contributed by atoms with Crippen molar-refractivity contribution in [1.29, 1.82) is 0 Å². The van der Waals surface area contributed by atoms with Crippen LogP contribution < -0.4 is 0 Å². The molecule has 0 N–H and O–H groups in total. The Balaban J connectivity index is 2.80. The topological polar surface area (TPSA) is 0 Å². The van der Waals surface area contributed by atoms with Crippen molar-refractivity contribution in [3.05, 3.63) is 25.8 Å². The highest BCUT2D eigenvalue weighted by Gasteiger charge is 1.86. The molecule has 0 nitrogen and oxygen atoms in total. The van der Waals surface area contributed by atoms with Crippen LogP contribution in [0, 0.1) is 0 Å². The second-order valence-corrected chi connectivity index (χ2v) is 5.20. The van der Waals surface area contributed by atoms with Crippen LogP contribution in [0.1, 0.15) is 4.88 Å². The monoisotopic (exact) mass is 266 g/mol. The van der Waals surface area contributed by atoms with Gasteiger partial charge in [-0.2, -0.15) is 0 Å². The molecule has 0 spiro atoms. The summed E-state index contributed by atoms with van der Waals surface area (Å²) < 4.78 is 0.984. The Labute approximate surface area is 74.8 Å². The summed E-state index contributed by atoms with van der Waals surface area (Å²) in [6, 6.07) is 4.09. The minimum absolute atomic E-state index is 0.984. The predicted molar refractivity (Wildman–Crippen MR) is 50.2 cm³/mol. The fraction of sp³-hybridized carbons (Fsp3) is 0. The van der Waals surface area contributed by atoms with E-state index in [9.17, 15) is 0 Å². The quantitative estimate of drug-likeness (QED) is 0.725. The summed E-state index contributed by atoms with van der Waals surface area (Å²) in [5.74, 6) is 0. The van der Waals surface area contributed by atoms with E-state index in [-0.39, 0.29) is 0 Å². The highest BCUT2D eigenvalue weighted by Crippen LogP contribution is 2.20. The van der Waals surface area contributed by atoms with Crippen LogP contribution in [0.5, 0.6) is 0 Å². The molecule has 0 amide bonds. The van der Waals surface area contributed by atoms with Crippen molar-refractivity contribution in [3.63, 3.8) is 0 Å². The van der Waals surface area contributed by atoms with Gasteiger partial charge in [-0.1, -0.05) is 6.07 Å². The van der Waals surface area contributed by atoms with E-state index in [1.165, 1.54) is 4.88 Å². The van der Waals surface area contributed by atoms with Gasteiger partial charge in [0, 0.05) is 4.88 Å². The van der Waals surface area contributed by atoms with Gasteiger partial charge in [0.15, 0.2) is 0 Å². The average molecular weight is 268 g/mol. The summed E-state index contributed by atoms with van der Waals surface area (Å²) in [6.45, 7) is 0. The lowest BCUT2D eigenvalue weighted by atomic mass is 10.5. The molecule has 0 atom stereocenters. The summed E-state index contributed by atoms with van der Waals surface area (Å²) in [7, 11) is 0. The summed E-state index contributed by atoms with van der Waals surface area (Å²) >= 11 is 8.28. The van der Waals surface area contributed by atoms with Crippen LogP contribution >= 0.6 is 43.2 Å². The normalized spacial score (nSPS) is 9.11. The third-order valence-electron chi connectivity index (χ3n) is 0.795. The van der Waals surface area contributed by atoms with E-state index in [0.717, 1.165) is 3.39 Å². The first kappa shape index (κ1) is 7.51. The maximum atomic E-state index is 3.28. The van der Waals surface area contributed by atoms with Crippen LogP contribution in [-0.2, 0) is 0 Å². The molecule has 0 aromatic carbocycles. The lowest BCUT2D eigenvalue weighted by Gasteiger charge is -1.80. The van der Waals surface area contributed by atoms with Crippen molar-refractivity contribution in [2.75, 3.05) is 0 Å². The SMILES string of the molecule is BrC(Br)=Cc1cccs1. The van der Waals surface area contributed by atoms with E-state index < -0.39 is 0 Å². The molecule has 0 saturated carbocycles. The number of rotatable bonds is 1. The summed E-state index contributed by atoms with van der Waals surface area (Å²) in [4.78, 5) is 1.25. The van der Waals surface area contributed by atoms with Gasteiger partial charge in [-0.25, -0.2) is 0 Å². The fourth-order valence-corrected chi connectivity index (χ4v) is 1.93. The Morgan fingerprint density at radius 1 is 1.56 bits per heavy atom. The molecule has 0 aliphatic carbocycles. The minimum atomic E-state index is 0.984. The number of halogens is 2. The third-order valence-corrected chi connectivity index (χ3v) is 2.07. The summed E-state index contributed by atoms with van der Waals surface area (Å²) in [5.41, 5.74) is 0. The van der Waals surface area contributed by atoms with Crippen LogP contribution in [-0.4, -0.2) is 0 Å². The van der Waals surface area contributed by atoms with Gasteiger partial charge < -0.3 is 0 Å². The average Bonchev–Trinajstić information content (AvgIpc) is 2.15. The van der Waals surface area contributed by atoms with Gasteiger partial charge in [0.05, 0.1) is 3.39 Å². The Kier molecular flexibility index (Phi) is 2.95. The molecule has 0 aliphatic rings. The molecule has 3 heteroatoms. The first-order chi connectivity index (χ1) is 4.29. The van der Waals surface area contributed by atoms with Crippen molar-refractivity contribution in [1.82, 2.24) is 0 Å². The molecule has 0 fully saturated rings. The van der Waals surface area contributed by atoms with E-state index in [0.29, 0.717) is 0 Å². The molecular weight excluding hydrogens is 264 g/mol. The van der Waals surface area contributed by atoms with Gasteiger partial charge in [0.25, 0.3) is 0 Å². The first-order valence-electron chi connectivity index (χ1n) is 2.35. The van der Waals surface area contributed by atoms with Crippen LogP contribution in [0.25, 0.3) is 6.08 Å². The van der Waals surface area contributed by atoms with E-state index >= 15 is 0 Å². The molecule has 0 saturated heterocycles. The molecule has 48 valence electrons. The molecule has 0 unspecified atom stereocenters. The zero-order chi connectivity index (χ0) is 6.69. The van der Waals surface area contributed by atoms with Gasteiger partial charge in [0.1, 0.15) is 0 Å². The number of hydrogen-bond donors (Lipinski definition) is 0. The number of thiophene rings is 1. The van der Waals surface area contributed by atoms with E-state index in [2.05, 4.69) is 43.3 Å². The highest BCUT2D eigenvalue weighted by atomic mass is 79.9. The standard InChI is InChI=1S/C6H4Br2S/c7-6(8)4-5-2-1-3-9-5/h1-4H.